The van der Waals surface area contributed by atoms with Gasteiger partial charge in [-0.1, -0.05) is 0 Å². The number of ether oxygens (including phenoxy) is 4. The monoisotopic (exact) mass is 344 g/mol. The van der Waals surface area contributed by atoms with Crippen LogP contribution in [0.3, 0.4) is 0 Å². The van der Waals surface area contributed by atoms with E-state index in [1.54, 1.807) is 9.80 Å². The molecule has 0 amide bonds. The highest BCUT2D eigenvalue weighted by Crippen LogP contribution is 2.00. The number of hydrogen-bond donors (Lipinski definition) is 0. The van der Waals surface area contributed by atoms with Crippen LogP contribution in [-0.4, -0.2) is 99.4 Å². The Morgan fingerprint density at radius 1 is 0.625 bits per heavy atom. The lowest BCUT2D eigenvalue weighted by molar-refractivity contribution is -0.169. The lowest BCUT2D eigenvalue weighted by atomic mass is 10.4. The first kappa shape index (κ1) is 18.5. The van der Waals surface area contributed by atoms with E-state index in [-0.39, 0.29) is 26.2 Å². The average Bonchev–Trinajstić information content (AvgIpc) is 2.48. The zero-order valence-corrected chi connectivity index (χ0v) is 13.2. The summed E-state index contributed by atoms with van der Waals surface area (Å²) in [4.78, 5) is 47.6. The van der Waals surface area contributed by atoms with Crippen molar-refractivity contribution < 1.29 is 38.1 Å². The molecule has 0 aliphatic carbocycles. The molecule has 10 heteroatoms. The molecule has 0 aromatic heterocycles. The molecule has 0 unspecified atom stereocenters. The molecular formula is C14H20N2O8. The summed E-state index contributed by atoms with van der Waals surface area (Å²) in [5.74, 6) is -2.19. The summed E-state index contributed by atoms with van der Waals surface area (Å²) in [6.07, 6.45) is 0. The van der Waals surface area contributed by atoms with Gasteiger partial charge in [-0.15, -0.1) is 0 Å². The molecule has 2 aliphatic rings. The van der Waals surface area contributed by atoms with Crippen molar-refractivity contribution in [3.05, 3.63) is 0 Å². The van der Waals surface area contributed by atoms with Crippen molar-refractivity contribution in [1.29, 1.82) is 0 Å². The Kier molecular flexibility index (Phi) is 7.25. The number of cyclic esters (lactones) is 4. The van der Waals surface area contributed by atoms with Crippen LogP contribution >= 0.6 is 0 Å². The Morgan fingerprint density at radius 3 is 1.29 bits per heavy atom. The molecule has 2 fully saturated rings. The van der Waals surface area contributed by atoms with Gasteiger partial charge in [0.25, 0.3) is 0 Å². The van der Waals surface area contributed by atoms with E-state index in [0.717, 1.165) is 0 Å². The number of esters is 4. The van der Waals surface area contributed by atoms with Crippen LogP contribution in [0.1, 0.15) is 0 Å². The van der Waals surface area contributed by atoms with Gasteiger partial charge in [-0.3, -0.25) is 29.0 Å². The van der Waals surface area contributed by atoms with Gasteiger partial charge in [-0.05, 0) is 0 Å². The fourth-order valence-electron chi connectivity index (χ4n) is 2.25. The minimum atomic E-state index is -0.547. The quantitative estimate of drug-likeness (QED) is 0.259. The maximum absolute atomic E-state index is 11.1. The number of rotatable bonds is 9. The first-order chi connectivity index (χ1) is 11.5. The first-order valence-electron chi connectivity index (χ1n) is 7.60. The zero-order chi connectivity index (χ0) is 17.4. The molecular weight excluding hydrogens is 324 g/mol. The van der Waals surface area contributed by atoms with Crippen molar-refractivity contribution in [3.63, 3.8) is 0 Å². The molecule has 0 radical (unpaired) electrons. The molecule has 0 saturated carbocycles. The van der Waals surface area contributed by atoms with Crippen molar-refractivity contribution in [2.24, 2.45) is 0 Å². The summed E-state index contributed by atoms with van der Waals surface area (Å²) >= 11 is 0. The Balaban J connectivity index is 1.44. The zero-order valence-electron chi connectivity index (χ0n) is 13.2. The van der Waals surface area contributed by atoms with E-state index < -0.39 is 23.9 Å². The first-order valence-corrected chi connectivity index (χ1v) is 7.60. The van der Waals surface area contributed by atoms with Crippen LogP contribution in [0.4, 0.5) is 0 Å². The SMILES string of the molecule is O=C1CN(CCOCCOCCN2CC(=O)OC(=O)C2)CC(=O)O1. The third-order valence-electron chi connectivity index (χ3n) is 3.34. The Labute approximate surface area is 138 Å². The molecule has 10 nitrogen and oxygen atoms in total. The molecule has 0 aromatic carbocycles. The molecule has 2 aliphatic heterocycles. The molecule has 0 atom stereocenters. The molecule has 0 spiro atoms. The van der Waals surface area contributed by atoms with Crippen LogP contribution < -0.4 is 0 Å². The van der Waals surface area contributed by atoms with Crippen LogP contribution in [0.15, 0.2) is 0 Å². The van der Waals surface area contributed by atoms with Crippen molar-refractivity contribution in [1.82, 2.24) is 9.80 Å². The van der Waals surface area contributed by atoms with Gasteiger partial charge in [0.15, 0.2) is 0 Å². The summed E-state index contributed by atoms with van der Waals surface area (Å²) in [6.45, 7) is 2.74. The molecule has 0 N–H and O–H groups in total. The Bertz CT molecular complexity index is 419. The van der Waals surface area contributed by atoms with E-state index in [1.807, 2.05) is 0 Å². The molecule has 2 heterocycles. The lowest BCUT2D eigenvalue weighted by Crippen LogP contribution is -2.44. The molecule has 0 aromatic rings. The van der Waals surface area contributed by atoms with Gasteiger partial charge in [0.2, 0.25) is 0 Å². The lowest BCUT2D eigenvalue weighted by Gasteiger charge is -2.24. The maximum Gasteiger partial charge on any atom is 0.327 e. The highest BCUT2D eigenvalue weighted by molar-refractivity contribution is 5.90. The van der Waals surface area contributed by atoms with Crippen molar-refractivity contribution in [3.8, 4) is 0 Å². The maximum atomic E-state index is 11.1. The normalized spacial score (nSPS) is 20.2. The summed E-state index contributed by atoms with van der Waals surface area (Å²) in [5.41, 5.74) is 0. The van der Waals surface area contributed by atoms with Crippen molar-refractivity contribution in [2.45, 2.75) is 0 Å². The van der Waals surface area contributed by atoms with E-state index in [4.69, 9.17) is 9.47 Å². The number of morpholine rings is 2. The van der Waals surface area contributed by atoms with E-state index in [9.17, 15) is 19.2 Å². The predicted octanol–water partition coefficient (Wildman–Crippen LogP) is -2.21. The Hall–Kier alpha value is -1.88. The minimum absolute atomic E-state index is 0.0859. The van der Waals surface area contributed by atoms with Crippen LogP contribution in [-0.2, 0) is 38.1 Å². The highest BCUT2D eigenvalue weighted by atomic mass is 16.6. The predicted molar refractivity (Wildman–Crippen MR) is 76.7 cm³/mol. The van der Waals surface area contributed by atoms with Gasteiger partial charge in [0, 0.05) is 13.1 Å². The summed E-state index contributed by atoms with van der Waals surface area (Å²) in [5, 5.41) is 0. The fourth-order valence-corrected chi connectivity index (χ4v) is 2.25. The standard InChI is InChI=1S/C14H20N2O8/c17-11-7-15(8-12(18)23-11)1-3-21-5-6-22-4-2-16-9-13(19)24-14(20)10-16/h1-10H2. The smallest absolute Gasteiger partial charge is 0.327 e. The van der Waals surface area contributed by atoms with Gasteiger partial charge < -0.3 is 18.9 Å². The summed E-state index contributed by atoms with van der Waals surface area (Å²) < 4.78 is 19.6. The molecule has 2 saturated heterocycles. The third-order valence-corrected chi connectivity index (χ3v) is 3.34. The topological polar surface area (TPSA) is 112 Å². The van der Waals surface area contributed by atoms with Crippen molar-refractivity contribution >= 4 is 23.9 Å². The summed E-state index contributed by atoms with van der Waals surface area (Å²) in [6, 6.07) is 0. The van der Waals surface area contributed by atoms with E-state index in [2.05, 4.69) is 9.47 Å². The van der Waals surface area contributed by atoms with Gasteiger partial charge in [-0.25, -0.2) is 0 Å². The molecule has 2 rings (SSSR count). The molecule has 134 valence electrons. The molecule has 24 heavy (non-hydrogen) atoms. The largest absolute Gasteiger partial charge is 0.391 e. The van der Waals surface area contributed by atoms with Crippen LogP contribution in [0.2, 0.25) is 0 Å². The van der Waals surface area contributed by atoms with Crippen LogP contribution in [0, 0.1) is 0 Å². The molecule has 0 bridgehead atoms. The third kappa shape index (κ3) is 6.71. The minimum Gasteiger partial charge on any atom is -0.391 e. The van der Waals surface area contributed by atoms with Crippen LogP contribution in [0.25, 0.3) is 0 Å². The second kappa shape index (κ2) is 9.42. The second-order valence-electron chi connectivity index (χ2n) is 5.34. The van der Waals surface area contributed by atoms with Crippen LogP contribution in [0.5, 0.6) is 0 Å². The second-order valence-corrected chi connectivity index (χ2v) is 5.34. The van der Waals surface area contributed by atoms with Gasteiger partial charge in [-0.2, -0.15) is 0 Å². The van der Waals surface area contributed by atoms with E-state index in [0.29, 0.717) is 39.5 Å². The summed E-state index contributed by atoms with van der Waals surface area (Å²) in [7, 11) is 0. The van der Waals surface area contributed by atoms with E-state index >= 15 is 0 Å². The van der Waals surface area contributed by atoms with Gasteiger partial charge in [0.1, 0.15) is 0 Å². The number of nitrogens with zero attached hydrogens (tertiary/aromatic N) is 2. The number of hydrogen-bond acceptors (Lipinski definition) is 10. The van der Waals surface area contributed by atoms with E-state index in [1.165, 1.54) is 0 Å². The number of carbonyl (C=O) groups is 4. The van der Waals surface area contributed by atoms with Gasteiger partial charge >= 0.3 is 23.9 Å². The van der Waals surface area contributed by atoms with Gasteiger partial charge in [0.05, 0.1) is 52.6 Å². The average molecular weight is 344 g/mol. The number of carbonyl (C=O) groups excluding carboxylic acids is 4. The van der Waals surface area contributed by atoms with Crippen molar-refractivity contribution in [2.75, 3.05) is 65.7 Å². The fraction of sp³-hybridized carbons (Fsp3) is 0.714. The highest BCUT2D eigenvalue weighted by Gasteiger charge is 2.25. The Morgan fingerprint density at radius 2 is 0.958 bits per heavy atom.